The molecule has 9 heteroatoms. The second-order valence-electron chi connectivity index (χ2n) is 3.80. The number of anilines is 1. The average Bonchev–Trinajstić information content (AvgIpc) is 2.74. The van der Waals surface area contributed by atoms with Crippen LogP contribution >= 0.6 is 0 Å². The van der Waals surface area contributed by atoms with Gasteiger partial charge < -0.3 is 0 Å². The third kappa shape index (κ3) is 2.69. The number of aryl methyl sites for hydroxylation is 2. The van der Waals surface area contributed by atoms with Crippen LogP contribution in [0.25, 0.3) is 0 Å². The van der Waals surface area contributed by atoms with Crippen LogP contribution in [0.1, 0.15) is 11.1 Å². The molecule has 1 heterocycles. The number of rotatable bonds is 3. The second-order valence-corrected chi connectivity index (χ2v) is 5.45. The van der Waals surface area contributed by atoms with Crippen molar-refractivity contribution in [2.45, 2.75) is 11.8 Å². The maximum absolute atomic E-state index is 12.2. The second kappa shape index (κ2) is 4.66. The molecule has 0 amide bonds. The van der Waals surface area contributed by atoms with Gasteiger partial charge in [0, 0.05) is 0 Å². The van der Waals surface area contributed by atoms with Gasteiger partial charge in [0.25, 0.3) is 16.0 Å². The summed E-state index contributed by atoms with van der Waals surface area (Å²) in [4.78, 5) is 1.15. The van der Waals surface area contributed by atoms with E-state index in [4.69, 9.17) is 5.26 Å². The van der Waals surface area contributed by atoms with Crippen LogP contribution in [-0.4, -0.2) is 28.6 Å². The van der Waals surface area contributed by atoms with Gasteiger partial charge in [-0.1, -0.05) is 11.2 Å². The highest BCUT2D eigenvalue weighted by Gasteiger charge is 2.19. The molecule has 8 nitrogen and oxygen atoms in total. The lowest BCUT2D eigenvalue weighted by Gasteiger charge is -2.07. The van der Waals surface area contributed by atoms with E-state index in [2.05, 4.69) is 20.1 Å². The predicted octanol–water partition coefficient (Wildman–Crippen LogP) is 0.191. The number of aromatic nitrogens is 4. The van der Waals surface area contributed by atoms with Crippen LogP contribution in [0.3, 0.4) is 0 Å². The molecular weight excluding hydrogens is 268 g/mol. The Kier molecular flexibility index (Phi) is 3.18. The van der Waals surface area contributed by atoms with Gasteiger partial charge in [-0.15, -0.1) is 5.10 Å². The zero-order valence-electron chi connectivity index (χ0n) is 10.2. The Bertz CT molecular complexity index is 759. The van der Waals surface area contributed by atoms with Crippen LogP contribution in [0, 0.1) is 18.3 Å². The Hall–Kier alpha value is -2.47. The van der Waals surface area contributed by atoms with Gasteiger partial charge in [-0.2, -0.15) is 10.1 Å². The predicted molar refractivity (Wildman–Crippen MR) is 65.5 cm³/mol. The average molecular weight is 278 g/mol. The highest BCUT2D eigenvalue weighted by Crippen LogP contribution is 2.18. The number of nitriles is 1. The number of hydrogen-bond donors (Lipinski definition) is 1. The third-order valence-electron chi connectivity index (χ3n) is 2.34. The first kappa shape index (κ1) is 13.0. The number of hydrogen-bond acceptors (Lipinski definition) is 6. The number of benzene rings is 1. The monoisotopic (exact) mass is 278 g/mol. The summed E-state index contributed by atoms with van der Waals surface area (Å²) >= 11 is 0. The zero-order chi connectivity index (χ0) is 14.0. The van der Waals surface area contributed by atoms with Crippen molar-refractivity contribution in [1.82, 2.24) is 20.2 Å². The van der Waals surface area contributed by atoms with E-state index in [1.807, 2.05) is 6.07 Å². The number of nitrogens with one attached hydrogen (secondary N) is 1. The Morgan fingerprint density at radius 2 is 2.16 bits per heavy atom. The van der Waals surface area contributed by atoms with Crippen molar-refractivity contribution >= 4 is 16.0 Å². The highest BCUT2D eigenvalue weighted by atomic mass is 32.2. The number of nitrogens with zero attached hydrogens (tertiary/aromatic N) is 5. The van der Waals surface area contributed by atoms with Gasteiger partial charge in [-0.25, -0.2) is 13.1 Å². The fourth-order valence-electron chi connectivity index (χ4n) is 1.46. The first-order valence-electron chi connectivity index (χ1n) is 5.20. The molecule has 19 heavy (non-hydrogen) atoms. The van der Waals surface area contributed by atoms with Crippen LogP contribution in [-0.2, 0) is 17.1 Å². The molecule has 0 spiro atoms. The summed E-state index contributed by atoms with van der Waals surface area (Å²) in [5.41, 5.74) is 0.786. The topological polar surface area (TPSA) is 114 Å². The fraction of sp³-hybridized carbons (Fsp3) is 0.200. The molecular formula is C10H10N6O2S. The quantitative estimate of drug-likeness (QED) is 0.857. The zero-order valence-corrected chi connectivity index (χ0v) is 11.0. The van der Waals surface area contributed by atoms with Crippen molar-refractivity contribution in [3.8, 4) is 6.07 Å². The molecule has 0 saturated carbocycles. The lowest BCUT2D eigenvalue weighted by atomic mass is 10.2. The molecule has 0 aliphatic carbocycles. The van der Waals surface area contributed by atoms with Crippen LogP contribution in [0.5, 0.6) is 0 Å². The van der Waals surface area contributed by atoms with Crippen LogP contribution in [0.4, 0.5) is 5.95 Å². The van der Waals surface area contributed by atoms with Crippen LogP contribution in [0.2, 0.25) is 0 Å². The molecule has 1 aromatic heterocycles. The first-order valence-corrected chi connectivity index (χ1v) is 6.68. The minimum absolute atomic E-state index is 0.0130. The Balaban J connectivity index is 2.42. The van der Waals surface area contributed by atoms with Crippen molar-refractivity contribution < 1.29 is 8.42 Å². The highest BCUT2D eigenvalue weighted by molar-refractivity contribution is 7.92. The summed E-state index contributed by atoms with van der Waals surface area (Å²) in [7, 11) is -2.32. The molecule has 0 fully saturated rings. The van der Waals surface area contributed by atoms with E-state index in [0.717, 1.165) is 4.80 Å². The summed E-state index contributed by atoms with van der Waals surface area (Å²) in [6, 6.07) is 6.31. The molecule has 0 saturated heterocycles. The van der Waals surface area contributed by atoms with Gasteiger partial charge in [-0.05, 0) is 29.8 Å². The first-order chi connectivity index (χ1) is 8.92. The smallest absolute Gasteiger partial charge is 0.245 e. The van der Waals surface area contributed by atoms with Crippen molar-refractivity contribution in [1.29, 1.82) is 5.26 Å². The van der Waals surface area contributed by atoms with E-state index in [-0.39, 0.29) is 16.4 Å². The summed E-state index contributed by atoms with van der Waals surface area (Å²) in [5, 5.41) is 19.6. The SMILES string of the molecule is Cc1ccc(C#N)cc1S(=O)(=O)Nc1nnn(C)n1. The van der Waals surface area contributed by atoms with Crippen LogP contribution < -0.4 is 4.72 Å². The van der Waals surface area contributed by atoms with E-state index >= 15 is 0 Å². The van der Waals surface area contributed by atoms with E-state index in [9.17, 15) is 8.42 Å². The lowest BCUT2D eigenvalue weighted by Crippen LogP contribution is -2.15. The van der Waals surface area contributed by atoms with Gasteiger partial charge in [0.15, 0.2) is 0 Å². The molecule has 0 unspecified atom stereocenters. The largest absolute Gasteiger partial charge is 0.277 e. The van der Waals surface area contributed by atoms with Gasteiger partial charge >= 0.3 is 0 Å². The molecule has 1 N–H and O–H groups in total. The fourth-order valence-corrected chi connectivity index (χ4v) is 2.67. The van der Waals surface area contributed by atoms with E-state index < -0.39 is 10.0 Å². The molecule has 0 aliphatic rings. The molecule has 0 aliphatic heterocycles. The van der Waals surface area contributed by atoms with Crippen molar-refractivity contribution in [3.05, 3.63) is 29.3 Å². The molecule has 98 valence electrons. The Morgan fingerprint density at radius 3 is 2.74 bits per heavy atom. The van der Waals surface area contributed by atoms with Crippen molar-refractivity contribution in [2.75, 3.05) is 4.72 Å². The molecule has 1 aromatic carbocycles. The maximum Gasteiger partial charge on any atom is 0.277 e. The standard InChI is InChI=1S/C10H10N6O2S/c1-7-3-4-8(6-11)5-9(7)19(17,18)14-10-12-15-16(2)13-10/h3-5H,1-2H3,(H,13,14). The van der Waals surface area contributed by atoms with Crippen molar-refractivity contribution in [2.24, 2.45) is 7.05 Å². The molecule has 2 rings (SSSR count). The van der Waals surface area contributed by atoms with E-state index in [1.165, 1.54) is 13.1 Å². The summed E-state index contributed by atoms with van der Waals surface area (Å²) in [6.45, 7) is 1.64. The lowest BCUT2D eigenvalue weighted by molar-refractivity contribution is 0.600. The molecule has 0 atom stereocenters. The van der Waals surface area contributed by atoms with Gasteiger partial charge in [0.2, 0.25) is 0 Å². The van der Waals surface area contributed by atoms with Crippen LogP contribution in [0.15, 0.2) is 23.1 Å². The minimum Gasteiger partial charge on any atom is -0.245 e. The van der Waals surface area contributed by atoms with E-state index in [0.29, 0.717) is 5.56 Å². The number of sulfonamides is 1. The third-order valence-corrected chi connectivity index (χ3v) is 3.81. The minimum atomic E-state index is -3.84. The Labute approximate surface area is 109 Å². The molecule has 0 radical (unpaired) electrons. The van der Waals surface area contributed by atoms with Crippen molar-refractivity contribution in [3.63, 3.8) is 0 Å². The maximum atomic E-state index is 12.2. The Morgan fingerprint density at radius 1 is 1.42 bits per heavy atom. The summed E-state index contributed by atoms with van der Waals surface area (Å²) in [5.74, 6) is -0.121. The summed E-state index contributed by atoms with van der Waals surface area (Å²) < 4.78 is 26.5. The van der Waals surface area contributed by atoms with Gasteiger partial charge in [0.1, 0.15) is 0 Å². The van der Waals surface area contributed by atoms with E-state index in [1.54, 1.807) is 19.1 Å². The number of tetrazole rings is 1. The summed E-state index contributed by atoms with van der Waals surface area (Å²) in [6.07, 6.45) is 0. The molecule has 0 bridgehead atoms. The molecule has 2 aromatic rings. The van der Waals surface area contributed by atoms with Gasteiger partial charge in [-0.3, -0.25) is 0 Å². The normalized spacial score (nSPS) is 11.0. The van der Waals surface area contributed by atoms with Gasteiger partial charge in [0.05, 0.1) is 23.6 Å².